The third-order valence-corrected chi connectivity index (χ3v) is 10.7. The number of allylic oxidation sites excluding steroid dienone is 3. The van der Waals surface area contributed by atoms with Crippen LogP contribution in [0, 0.1) is 34.0 Å². The monoisotopic (exact) mass is 500 g/mol. The van der Waals surface area contributed by atoms with Crippen molar-refractivity contribution in [1.82, 2.24) is 0 Å². The fraction of sp³-hybridized carbons (Fsp3) is 0.818. The summed E-state index contributed by atoms with van der Waals surface area (Å²) in [6.45, 7) is 22.2. The van der Waals surface area contributed by atoms with E-state index in [1.807, 2.05) is 0 Å². The van der Waals surface area contributed by atoms with E-state index in [1.165, 1.54) is 32.1 Å². The van der Waals surface area contributed by atoms with E-state index in [9.17, 15) is 15.3 Å². The Bertz CT molecular complexity index is 837. The largest absolute Gasteiger partial charge is 0.393 e. The minimum Gasteiger partial charge on any atom is -0.393 e. The van der Waals surface area contributed by atoms with Crippen molar-refractivity contribution in [3.63, 3.8) is 0 Å². The van der Waals surface area contributed by atoms with Gasteiger partial charge in [-0.1, -0.05) is 92.5 Å². The molecule has 206 valence electrons. The molecule has 0 aromatic rings. The molecule has 0 saturated heterocycles. The zero-order valence-corrected chi connectivity index (χ0v) is 24.7. The first kappa shape index (κ1) is 29.7. The minimum atomic E-state index is -0.680. The van der Waals surface area contributed by atoms with Gasteiger partial charge in [0.15, 0.2) is 0 Å². The number of fused-ring (bicyclic) bond motifs is 1. The second-order valence-electron chi connectivity index (χ2n) is 14.9. The highest BCUT2D eigenvalue weighted by Crippen LogP contribution is 2.60. The second kappa shape index (κ2) is 10.7. The SMILES string of the molecule is C=C1/C(=C\C=C2/CCC[C@]3(C)[C@@H]([C@H](C)CCCC(O)(C(C)(C)C)C(C)(C)C)CC[C@@H]23)C[C@@H](O)C[C@@H]1O. The Morgan fingerprint density at radius 1 is 1.06 bits per heavy atom. The molecule has 0 bridgehead atoms. The lowest BCUT2D eigenvalue weighted by Crippen LogP contribution is -2.53. The van der Waals surface area contributed by atoms with Crippen LogP contribution in [0.1, 0.15) is 120 Å². The zero-order chi connectivity index (χ0) is 27.1. The Morgan fingerprint density at radius 2 is 1.69 bits per heavy atom. The van der Waals surface area contributed by atoms with E-state index in [2.05, 4.69) is 74.1 Å². The van der Waals surface area contributed by atoms with Gasteiger partial charge in [-0.2, -0.15) is 0 Å². The average molecular weight is 501 g/mol. The Labute approximate surface area is 222 Å². The molecule has 0 aromatic carbocycles. The van der Waals surface area contributed by atoms with Gasteiger partial charge in [0.2, 0.25) is 0 Å². The summed E-state index contributed by atoms with van der Waals surface area (Å²) in [5.74, 6) is 2.01. The molecule has 36 heavy (non-hydrogen) atoms. The van der Waals surface area contributed by atoms with Gasteiger partial charge in [0, 0.05) is 6.42 Å². The first-order valence-electron chi connectivity index (χ1n) is 14.7. The van der Waals surface area contributed by atoms with Gasteiger partial charge in [-0.3, -0.25) is 0 Å². The average Bonchev–Trinajstić information content (AvgIpc) is 3.11. The Hall–Kier alpha value is -0.900. The van der Waals surface area contributed by atoms with E-state index in [0.29, 0.717) is 30.1 Å². The van der Waals surface area contributed by atoms with Gasteiger partial charge in [0.25, 0.3) is 0 Å². The van der Waals surface area contributed by atoms with Crippen LogP contribution in [0.5, 0.6) is 0 Å². The topological polar surface area (TPSA) is 60.7 Å². The molecule has 3 heteroatoms. The summed E-state index contributed by atoms with van der Waals surface area (Å²) in [4.78, 5) is 0. The maximum atomic E-state index is 11.7. The second-order valence-corrected chi connectivity index (χ2v) is 14.9. The molecular weight excluding hydrogens is 444 g/mol. The standard InChI is InChI=1S/C33H56O3/c1-22(12-10-19-33(36,30(3,4)5)31(6,7)8)27-16-17-28-24(13-11-18-32(27,28)9)14-15-25-20-26(34)21-29(35)23(25)2/h14-15,22,26-29,34-36H,2,10-13,16-21H2,1,3-9H3/b24-14+,25-15-/t22-,26-,27-,28+,29+,32-/m1/s1. The van der Waals surface area contributed by atoms with Crippen molar-refractivity contribution in [3.05, 3.63) is 35.5 Å². The van der Waals surface area contributed by atoms with Crippen molar-refractivity contribution in [1.29, 1.82) is 0 Å². The highest BCUT2D eigenvalue weighted by atomic mass is 16.3. The van der Waals surface area contributed by atoms with Gasteiger partial charge >= 0.3 is 0 Å². The smallest absolute Gasteiger partial charge is 0.0811 e. The lowest BCUT2D eigenvalue weighted by molar-refractivity contribution is -0.143. The molecule has 3 aliphatic rings. The molecule has 3 saturated carbocycles. The van der Waals surface area contributed by atoms with Gasteiger partial charge in [0.05, 0.1) is 17.8 Å². The number of aliphatic hydroxyl groups is 3. The van der Waals surface area contributed by atoms with Crippen molar-refractivity contribution in [3.8, 4) is 0 Å². The summed E-state index contributed by atoms with van der Waals surface area (Å²) in [5, 5.41) is 32.0. The predicted octanol–water partition coefficient (Wildman–Crippen LogP) is 7.76. The molecular formula is C33H56O3. The molecule has 3 nitrogen and oxygen atoms in total. The maximum Gasteiger partial charge on any atom is 0.0811 e. The van der Waals surface area contributed by atoms with Crippen molar-refractivity contribution in [2.75, 3.05) is 0 Å². The van der Waals surface area contributed by atoms with Crippen LogP contribution in [0.2, 0.25) is 0 Å². The molecule has 0 radical (unpaired) electrons. The normalized spacial score (nSPS) is 35.4. The van der Waals surface area contributed by atoms with E-state index >= 15 is 0 Å². The molecule has 3 aliphatic carbocycles. The third kappa shape index (κ3) is 5.74. The number of rotatable bonds is 6. The first-order valence-corrected chi connectivity index (χ1v) is 14.7. The predicted molar refractivity (Wildman–Crippen MR) is 152 cm³/mol. The highest BCUT2D eigenvalue weighted by Gasteiger charge is 2.51. The van der Waals surface area contributed by atoms with Gasteiger partial charge < -0.3 is 15.3 Å². The zero-order valence-electron chi connectivity index (χ0n) is 24.7. The molecule has 0 unspecified atom stereocenters. The van der Waals surface area contributed by atoms with Crippen molar-refractivity contribution < 1.29 is 15.3 Å². The number of hydrogen-bond acceptors (Lipinski definition) is 3. The molecule has 3 N–H and O–H groups in total. The van der Waals surface area contributed by atoms with Crippen LogP contribution in [0.15, 0.2) is 35.5 Å². The van der Waals surface area contributed by atoms with Gasteiger partial charge in [-0.25, -0.2) is 0 Å². The molecule has 6 atom stereocenters. The van der Waals surface area contributed by atoms with Crippen molar-refractivity contribution in [2.45, 2.75) is 137 Å². The summed E-state index contributed by atoms with van der Waals surface area (Å²) in [6.07, 6.45) is 13.7. The number of hydrogen-bond donors (Lipinski definition) is 3. The van der Waals surface area contributed by atoms with Crippen LogP contribution in [-0.2, 0) is 0 Å². The van der Waals surface area contributed by atoms with Crippen molar-refractivity contribution in [2.24, 2.45) is 34.0 Å². The molecule has 0 aromatic heterocycles. The lowest BCUT2D eigenvalue weighted by Gasteiger charge is -2.50. The molecule has 3 fully saturated rings. The van der Waals surface area contributed by atoms with Crippen molar-refractivity contribution >= 4 is 0 Å². The van der Waals surface area contributed by atoms with Crippen LogP contribution in [0.3, 0.4) is 0 Å². The summed E-state index contributed by atoms with van der Waals surface area (Å²) in [6, 6.07) is 0. The lowest BCUT2D eigenvalue weighted by atomic mass is 9.59. The van der Waals surface area contributed by atoms with Crippen LogP contribution in [0.25, 0.3) is 0 Å². The van der Waals surface area contributed by atoms with Gasteiger partial charge in [0.1, 0.15) is 0 Å². The molecule has 3 rings (SSSR count). The molecule has 0 amide bonds. The summed E-state index contributed by atoms with van der Waals surface area (Å²) in [5.41, 5.74) is 2.71. The highest BCUT2D eigenvalue weighted by molar-refractivity contribution is 5.38. The molecule has 0 spiro atoms. The van der Waals surface area contributed by atoms with E-state index in [-0.39, 0.29) is 10.8 Å². The van der Waals surface area contributed by atoms with E-state index in [0.717, 1.165) is 36.3 Å². The van der Waals surface area contributed by atoms with Crippen LogP contribution in [-0.4, -0.2) is 33.1 Å². The van der Waals surface area contributed by atoms with Gasteiger partial charge in [-0.05, 0) is 90.1 Å². The Balaban J connectivity index is 1.69. The van der Waals surface area contributed by atoms with E-state index < -0.39 is 17.8 Å². The van der Waals surface area contributed by atoms with Crippen LogP contribution < -0.4 is 0 Å². The van der Waals surface area contributed by atoms with Gasteiger partial charge in [-0.15, -0.1) is 0 Å². The first-order chi connectivity index (χ1) is 16.5. The van der Waals surface area contributed by atoms with E-state index in [4.69, 9.17) is 0 Å². The fourth-order valence-corrected chi connectivity index (χ4v) is 8.44. The van der Waals surface area contributed by atoms with E-state index in [1.54, 1.807) is 5.57 Å². The van der Waals surface area contributed by atoms with Crippen LogP contribution in [0.4, 0.5) is 0 Å². The maximum absolute atomic E-state index is 11.7. The quantitative estimate of drug-likeness (QED) is 0.349. The summed E-state index contributed by atoms with van der Waals surface area (Å²) in [7, 11) is 0. The fourth-order valence-electron chi connectivity index (χ4n) is 8.44. The molecule has 0 heterocycles. The Morgan fingerprint density at radius 3 is 2.31 bits per heavy atom. The number of aliphatic hydroxyl groups excluding tert-OH is 2. The Kier molecular flexibility index (Phi) is 8.81. The van der Waals surface area contributed by atoms with Crippen LogP contribution >= 0.6 is 0 Å². The summed E-state index contributed by atoms with van der Waals surface area (Å²) < 4.78 is 0. The molecule has 0 aliphatic heterocycles. The third-order valence-electron chi connectivity index (χ3n) is 10.7. The minimum absolute atomic E-state index is 0.147. The summed E-state index contributed by atoms with van der Waals surface area (Å²) >= 11 is 0.